The predicted molar refractivity (Wildman–Crippen MR) is 90.2 cm³/mol. The first-order chi connectivity index (χ1) is 13.0. The molecule has 0 spiro atoms. The van der Waals surface area contributed by atoms with Crippen LogP contribution in [0.5, 0.6) is 5.88 Å². The van der Waals surface area contributed by atoms with Crippen molar-refractivity contribution in [3.63, 3.8) is 0 Å². The van der Waals surface area contributed by atoms with Crippen LogP contribution in [0.3, 0.4) is 0 Å². The van der Waals surface area contributed by atoms with E-state index in [4.69, 9.17) is 9.47 Å². The van der Waals surface area contributed by atoms with Crippen LogP contribution in [0.25, 0.3) is 16.9 Å². The summed E-state index contributed by atoms with van der Waals surface area (Å²) in [5.74, 6) is -1.27. The monoisotopic (exact) mass is 399 g/mol. The average molecular weight is 399 g/mol. The van der Waals surface area contributed by atoms with Crippen molar-refractivity contribution in [1.29, 1.82) is 0 Å². The molecule has 7 nitrogen and oxygen atoms in total. The summed E-state index contributed by atoms with van der Waals surface area (Å²) < 4.78 is 64.7. The van der Waals surface area contributed by atoms with Crippen LogP contribution in [0, 0.1) is 5.82 Å². The summed E-state index contributed by atoms with van der Waals surface area (Å²) in [7, 11) is 1.52. The lowest BCUT2D eigenvalue weighted by Crippen LogP contribution is -2.45. The minimum atomic E-state index is -4.69. The van der Waals surface area contributed by atoms with E-state index in [0.29, 0.717) is 17.2 Å². The molecule has 0 aromatic carbocycles. The minimum absolute atomic E-state index is 0.251. The number of hydrogen-bond donors (Lipinski definition) is 0. The molecule has 1 atom stereocenters. The quantitative estimate of drug-likeness (QED) is 0.609. The molecule has 28 heavy (non-hydrogen) atoms. The van der Waals surface area contributed by atoms with E-state index in [0.717, 1.165) is 19.9 Å². The standard InChI is InChI=1S/C17H17F4N5O2/c1-9(27-4)14-25-24-13-7-22-12(8-26(13)14)10-5-11(18)15(23-6-10)28-16(2,3)17(19,20)21/h5-9H,1-4H3/t9-/m0/s1. The van der Waals surface area contributed by atoms with Crippen LogP contribution in [-0.2, 0) is 4.74 Å². The number of methoxy groups -OCH3 is 1. The Labute approximate surface area is 157 Å². The van der Waals surface area contributed by atoms with Crippen molar-refractivity contribution in [2.24, 2.45) is 0 Å². The van der Waals surface area contributed by atoms with Crippen molar-refractivity contribution >= 4 is 5.65 Å². The molecule has 0 fully saturated rings. The second-order valence-corrected chi connectivity index (χ2v) is 6.56. The molecule has 3 aromatic heterocycles. The van der Waals surface area contributed by atoms with Gasteiger partial charge in [-0.25, -0.2) is 9.37 Å². The van der Waals surface area contributed by atoms with Gasteiger partial charge in [-0.05, 0) is 26.8 Å². The van der Waals surface area contributed by atoms with E-state index in [1.165, 1.54) is 19.5 Å². The van der Waals surface area contributed by atoms with E-state index in [1.54, 1.807) is 17.5 Å². The van der Waals surface area contributed by atoms with Gasteiger partial charge in [-0.2, -0.15) is 13.2 Å². The van der Waals surface area contributed by atoms with E-state index in [-0.39, 0.29) is 11.7 Å². The second kappa shape index (κ2) is 6.97. The van der Waals surface area contributed by atoms with Gasteiger partial charge in [-0.3, -0.25) is 9.38 Å². The largest absolute Gasteiger partial charge is 0.460 e. The normalized spacial score (nSPS) is 13.7. The number of alkyl halides is 3. The fraction of sp³-hybridized carbons (Fsp3) is 0.412. The maximum atomic E-state index is 14.3. The van der Waals surface area contributed by atoms with Gasteiger partial charge in [0.25, 0.3) is 5.88 Å². The zero-order chi connectivity index (χ0) is 20.7. The van der Waals surface area contributed by atoms with Gasteiger partial charge in [-0.15, -0.1) is 10.2 Å². The van der Waals surface area contributed by atoms with Crippen molar-refractivity contribution in [2.45, 2.75) is 38.7 Å². The molecule has 150 valence electrons. The lowest BCUT2D eigenvalue weighted by molar-refractivity contribution is -0.235. The molecule has 3 heterocycles. The van der Waals surface area contributed by atoms with Crippen LogP contribution in [-0.4, -0.2) is 43.5 Å². The van der Waals surface area contributed by atoms with Gasteiger partial charge in [0.05, 0.1) is 11.9 Å². The van der Waals surface area contributed by atoms with Crippen molar-refractivity contribution < 1.29 is 27.0 Å². The van der Waals surface area contributed by atoms with Crippen molar-refractivity contribution in [2.75, 3.05) is 7.11 Å². The summed E-state index contributed by atoms with van der Waals surface area (Å²) in [5, 5.41) is 8.00. The first-order valence-corrected chi connectivity index (χ1v) is 8.18. The molecular weight excluding hydrogens is 382 g/mol. The molecule has 0 aliphatic heterocycles. The van der Waals surface area contributed by atoms with Gasteiger partial charge in [0.15, 0.2) is 22.9 Å². The number of ether oxygens (including phenoxy) is 2. The molecule has 0 unspecified atom stereocenters. The minimum Gasteiger partial charge on any atom is -0.460 e. The summed E-state index contributed by atoms with van der Waals surface area (Å²) in [6.07, 6.45) is -0.849. The molecule has 0 radical (unpaired) electrons. The molecular formula is C17H17F4N5O2. The highest BCUT2D eigenvalue weighted by Gasteiger charge is 2.50. The predicted octanol–water partition coefficient (Wildman–Crippen LogP) is 3.75. The third-order valence-corrected chi connectivity index (χ3v) is 4.17. The summed E-state index contributed by atoms with van der Waals surface area (Å²) in [5.41, 5.74) is -1.55. The molecule has 0 bridgehead atoms. The highest BCUT2D eigenvalue weighted by Crippen LogP contribution is 2.34. The van der Waals surface area contributed by atoms with E-state index < -0.39 is 23.5 Å². The van der Waals surface area contributed by atoms with E-state index >= 15 is 0 Å². The fourth-order valence-electron chi connectivity index (χ4n) is 2.29. The number of fused-ring (bicyclic) bond motifs is 1. The molecule has 0 saturated carbocycles. The van der Waals surface area contributed by atoms with Crippen molar-refractivity contribution in [1.82, 2.24) is 24.6 Å². The van der Waals surface area contributed by atoms with Gasteiger partial charge >= 0.3 is 6.18 Å². The fourth-order valence-corrected chi connectivity index (χ4v) is 2.29. The molecule has 3 rings (SSSR count). The zero-order valence-corrected chi connectivity index (χ0v) is 15.5. The average Bonchev–Trinajstić information content (AvgIpc) is 3.04. The highest BCUT2D eigenvalue weighted by molar-refractivity contribution is 5.59. The van der Waals surface area contributed by atoms with E-state index in [2.05, 4.69) is 20.2 Å². The van der Waals surface area contributed by atoms with Crippen LogP contribution in [0.4, 0.5) is 17.6 Å². The smallest absolute Gasteiger partial charge is 0.427 e. The summed E-state index contributed by atoms with van der Waals surface area (Å²) in [6, 6.07) is 1.01. The molecule has 0 N–H and O–H groups in total. The number of pyridine rings is 1. The molecule has 0 aliphatic rings. The summed E-state index contributed by atoms with van der Waals surface area (Å²) in [4.78, 5) is 7.86. The molecule has 0 saturated heterocycles. The Morgan fingerprint density at radius 1 is 1.11 bits per heavy atom. The van der Waals surface area contributed by atoms with Gasteiger partial charge in [0, 0.05) is 25.1 Å². The first kappa shape index (κ1) is 19.9. The van der Waals surface area contributed by atoms with Gasteiger partial charge in [0.2, 0.25) is 0 Å². The lowest BCUT2D eigenvalue weighted by Gasteiger charge is -2.28. The Hall–Kier alpha value is -2.82. The topological polar surface area (TPSA) is 74.4 Å². The number of halogens is 4. The summed E-state index contributed by atoms with van der Waals surface area (Å²) >= 11 is 0. The Morgan fingerprint density at radius 2 is 1.82 bits per heavy atom. The van der Waals surface area contributed by atoms with Crippen molar-refractivity contribution in [3.8, 4) is 17.1 Å². The van der Waals surface area contributed by atoms with Gasteiger partial charge < -0.3 is 9.47 Å². The third kappa shape index (κ3) is 3.61. The molecule has 3 aromatic rings. The molecule has 0 aliphatic carbocycles. The van der Waals surface area contributed by atoms with Crippen LogP contribution in [0.1, 0.15) is 32.7 Å². The van der Waals surface area contributed by atoms with E-state index in [9.17, 15) is 17.6 Å². The maximum absolute atomic E-state index is 14.3. The zero-order valence-electron chi connectivity index (χ0n) is 15.5. The third-order valence-electron chi connectivity index (χ3n) is 4.17. The number of nitrogens with zero attached hydrogens (tertiary/aromatic N) is 5. The highest BCUT2D eigenvalue weighted by atomic mass is 19.4. The van der Waals surface area contributed by atoms with E-state index in [1.807, 2.05) is 0 Å². The first-order valence-electron chi connectivity index (χ1n) is 8.18. The number of hydrogen-bond acceptors (Lipinski definition) is 6. The Balaban J connectivity index is 1.96. The lowest BCUT2D eigenvalue weighted by atomic mass is 10.1. The maximum Gasteiger partial charge on any atom is 0.427 e. The summed E-state index contributed by atoms with van der Waals surface area (Å²) in [6.45, 7) is 3.37. The van der Waals surface area contributed by atoms with Crippen LogP contribution in [0.15, 0.2) is 24.7 Å². The van der Waals surface area contributed by atoms with Gasteiger partial charge in [-0.1, -0.05) is 0 Å². The van der Waals surface area contributed by atoms with Gasteiger partial charge in [0.1, 0.15) is 6.10 Å². The van der Waals surface area contributed by atoms with Crippen LogP contribution >= 0.6 is 0 Å². The second-order valence-electron chi connectivity index (χ2n) is 6.56. The molecule has 11 heteroatoms. The van der Waals surface area contributed by atoms with Crippen LogP contribution in [0.2, 0.25) is 0 Å². The number of rotatable bonds is 5. The Bertz CT molecular complexity index is 1000. The number of aromatic nitrogens is 5. The SMILES string of the molecule is CO[C@@H](C)c1nnc2cnc(-c3cnc(OC(C)(C)C(F)(F)F)c(F)c3)cn12. The Morgan fingerprint density at radius 3 is 2.43 bits per heavy atom. The Kier molecular flexibility index (Phi) is 4.96. The van der Waals surface area contributed by atoms with Crippen LogP contribution < -0.4 is 4.74 Å². The van der Waals surface area contributed by atoms with Crippen molar-refractivity contribution in [3.05, 3.63) is 36.3 Å². The molecule has 0 amide bonds.